The predicted molar refractivity (Wildman–Crippen MR) is 69.4 cm³/mol. The monoisotopic (exact) mass is 298 g/mol. The lowest BCUT2D eigenvalue weighted by Gasteiger charge is -2.33. The van der Waals surface area contributed by atoms with Gasteiger partial charge in [-0.15, -0.1) is 0 Å². The summed E-state index contributed by atoms with van der Waals surface area (Å²) in [6, 6.07) is -1.99. The fourth-order valence-corrected chi connectivity index (χ4v) is 2.94. The molecule has 2 amide bonds. The molecule has 0 aromatic heterocycles. The molecule has 0 aromatic carbocycles. The Bertz CT molecular complexity index is 477. The molecule has 2 heterocycles. The molecule has 0 saturated carbocycles. The molecule has 0 spiro atoms. The van der Waals surface area contributed by atoms with Crippen molar-refractivity contribution in [2.75, 3.05) is 13.1 Å². The van der Waals surface area contributed by atoms with E-state index in [1.165, 1.54) is 0 Å². The highest BCUT2D eigenvalue weighted by Crippen LogP contribution is 2.21. The highest BCUT2D eigenvalue weighted by Gasteiger charge is 2.41. The Hall–Kier alpha value is -2.12. The summed E-state index contributed by atoms with van der Waals surface area (Å²) < 4.78 is 0. The van der Waals surface area contributed by atoms with Gasteiger partial charge in [0, 0.05) is 13.1 Å². The molecule has 21 heavy (non-hydrogen) atoms. The van der Waals surface area contributed by atoms with Crippen LogP contribution in [0.4, 0.5) is 0 Å². The number of aliphatic carboxylic acids is 2. The average molecular weight is 298 g/mol. The van der Waals surface area contributed by atoms with E-state index < -0.39 is 35.8 Å². The molecule has 2 aliphatic rings. The van der Waals surface area contributed by atoms with Crippen LogP contribution >= 0.6 is 0 Å². The van der Waals surface area contributed by atoms with Gasteiger partial charge in [-0.3, -0.25) is 9.59 Å². The summed E-state index contributed by atoms with van der Waals surface area (Å²) in [5.41, 5.74) is 0. The summed E-state index contributed by atoms with van der Waals surface area (Å²) in [5, 5.41) is 18.2. The smallest absolute Gasteiger partial charge is 0.326 e. The molecule has 8 heteroatoms. The number of hydrogen-bond donors (Lipinski definition) is 2. The molecule has 8 nitrogen and oxygen atoms in total. The van der Waals surface area contributed by atoms with Crippen molar-refractivity contribution in [2.24, 2.45) is 0 Å². The van der Waals surface area contributed by atoms with Gasteiger partial charge < -0.3 is 20.0 Å². The van der Waals surface area contributed by atoms with E-state index in [9.17, 15) is 19.2 Å². The van der Waals surface area contributed by atoms with Crippen molar-refractivity contribution in [3.8, 4) is 0 Å². The second kappa shape index (κ2) is 6.11. The van der Waals surface area contributed by atoms with Crippen LogP contribution in [0, 0.1) is 0 Å². The molecule has 0 aromatic rings. The molecule has 116 valence electrons. The van der Waals surface area contributed by atoms with Crippen molar-refractivity contribution in [2.45, 2.75) is 44.2 Å². The number of rotatable bonds is 2. The lowest BCUT2D eigenvalue weighted by atomic mass is 10.0. The van der Waals surface area contributed by atoms with Crippen LogP contribution in [0.15, 0.2) is 0 Å². The van der Waals surface area contributed by atoms with E-state index in [-0.39, 0.29) is 13.1 Å². The molecule has 2 N–H and O–H groups in total. The summed E-state index contributed by atoms with van der Waals surface area (Å²) in [5.74, 6) is -4.09. The largest absolute Gasteiger partial charge is 0.480 e. The fraction of sp³-hybridized carbons (Fsp3) is 0.692. The number of carboxylic acid groups (broad SMARTS) is 2. The molecule has 2 rings (SSSR count). The number of nitrogens with zero attached hydrogens (tertiary/aromatic N) is 2. The second-order valence-corrected chi connectivity index (χ2v) is 5.34. The van der Waals surface area contributed by atoms with Gasteiger partial charge in [0.15, 0.2) is 0 Å². The van der Waals surface area contributed by atoms with E-state index in [2.05, 4.69) is 0 Å². The van der Waals surface area contributed by atoms with Crippen LogP contribution in [-0.2, 0) is 19.2 Å². The third-order valence-corrected chi connectivity index (χ3v) is 4.03. The zero-order chi connectivity index (χ0) is 15.6. The van der Waals surface area contributed by atoms with E-state index in [4.69, 9.17) is 10.2 Å². The van der Waals surface area contributed by atoms with Crippen molar-refractivity contribution in [3.05, 3.63) is 0 Å². The first-order chi connectivity index (χ1) is 9.93. The Kier molecular flexibility index (Phi) is 4.44. The standard InChI is InChI=1S/C13H18N2O6/c16-10(14-6-2-1-4-8(14)12(18)19)11(17)15-7-3-5-9(15)13(20)21/h8-9H,1-7H2,(H,18,19)(H,20,21)/t8-,9+/m0/s1. The van der Waals surface area contributed by atoms with E-state index in [0.29, 0.717) is 32.1 Å². The molecule has 0 unspecified atom stereocenters. The van der Waals surface area contributed by atoms with Crippen molar-refractivity contribution in [1.29, 1.82) is 0 Å². The first kappa shape index (κ1) is 15.3. The van der Waals surface area contributed by atoms with Crippen LogP contribution in [0.1, 0.15) is 32.1 Å². The lowest BCUT2D eigenvalue weighted by molar-refractivity contribution is -0.161. The van der Waals surface area contributed by atoms with Crippen LogP contribution in [0.3, 0.4) is 0 Å². The molecule has 2 atom stereocenters. The Morgan fingerprint density at radius 2 is 1.14 bits per heavy atom. The second-order valence-electron chi connectivity index (χ2n) is 5.34. The normalized spacial score (nSPS) is 25.7. The Labute approximate surface area is 121 Å². The summed E-state index contributed by atoms with van der Waals surface area (Å²) in [6.45, 7) is 0.431. The Morgan fingerprint density at radius 3 is 1.62 bits per heavy atom. The fourth-order valence-electron chi connectivity index (χ4n) is 2.94. The first-order valence-corrected chi connectivity index (χ1v) is 7.00. The first-order valence-electron chi connectivity index (χ1n) is 7.00. The molecular formula is C13H18N2O6. The van der Waals surface area contributed by atoms with Crippen LogP contribution < -0.4 is 0 Å². The summed E-state index contributed by atoms with van der Waals surface area (Å²) in [4.78, 5) is 48.8. The van der Waals surface area contributed by atoms with Crippen LogP contribution in [-0.4, -0.2) is 68.9 Å². The summed E-state index contributed by atoms with van der Waals surface area (Å²) in [7, 11) is 0. The van der Waals surface area contributed by atoms with Crippen molar-refractivity contribution < 1.29 is 29.4 Å². The SMILES string of the molecule is O=C(O)[C@H]1CCCN1C(=O)C(=O)N1CCCC[C@H]1C(=O)O. The topological polar surface area (TPSA) is 115 Å². The zero-order valence-corrected chi connectivity index (χ0v) is 11.5. The molecule has 2 aliphatic heterocycles. The maximum absolute atomic E-state index is 12.2. The number of amides is 2. The zero-order valence-electron chi connectivity index (χ0n) is 11.5. The van der Waals surface area contributed by atoms with Gasteiger partial charge >= 0.3 is 23.8 Å². The average Bonchev–Trinajstić information content (AvgIpc) is 2.95. The van der Waals surface area contributed by atoms with Gasteiger partial charge in [-0.2, -0.15) is 0 Å². The van der Waals surface area contributed by atoms with Crippen LogP contribution in [0.25, 0.3) is 0 Å². The van der Waals surface area contributed by atoms with Gasteiger partial charge in [0.05, 0.1) is 0 Å². The number of likely N-dealkylation sites (tertiary alicyclic amines) is 2. The van der Waals surface area contributed by atoms with E-state index >= 15 is 0 Å². The van der Waals surface area contributed by atoms with E-state index in [0.717, 1.165) is 9.80 Å². The van der Waals surface area contributed by atoms with E-state index in [1.807, 2.05) is 0 Å². The Balaban J connectivity index is 2.12. The molecule has 0 radical (unpaired) electrons. The van der Waals surface area contributed by atoms with Gasteiger partial charge in [-0.1, -0.05) is 0 Å². The molecule has 0 aliphatic carbocycles. The van der Waals surface area contributed by atoms with Crippen LogP contribution in [0.2, 0.25) is 0 Å². The lowest BCUT2D eigenvalue weighted by Crippen LogP contribution is -2.55. The minimum atomic E-state index is -1.14. The molecule has 0 bridgehead atoms. The maximum atomic E-state index is 12.2. The number of carboxylic acids is 2. The van der Waals surface area contributed by atoms with E-state index in [1.54, 1.807) is 0 Å². The van der Waals surface area contributed by atoms with Crippen LogP contribution in [0.5, 0.6) is 0 Å². The van der Waals surface area contributed by atoms with Gasteiger partial charge in [0.25, 0.3) is 0 Å². The van der Waals surface area contributed by atoms with Crippen molar-refractivity contribution in [3.63, 3.8) is 0 Å². The van der Waals surface area contributed by atoms with Crippen molar-refractivity contribution in [1.82, 2.24) is 9.80 Å². The number of carbonyl (C=O) groups is 4. The Morgan fingerprint density at radius 1 is 0.714 bits per heavy atom. The highest BCUT2D eigenvalue weighted by molar-refractivity contribution is 6.35. The number of carbonyl (C=O) groups excluding carboxylic acids is 2. The minimum absolute atomic E-state index is 0.215. The summed E-state index contributed by atoms with van der Waals surface area (Å²) in [6.07, 6.45) is 2.49. The van der Waals surface area contributed by atoms with Gasteiger partial charge in [0.1, 0.15) is 12.1 Å². The summed E-state index contributed by atoms with van der Waals surface area (Å²) >= 11 is 0. The van der Waals surface area contributed by atoms with Gasteiger partial charge in [-0.05, 0) is 32.1 Å². The van der Waals surface area contributed by atoms with Gasteiger partial charge in [-0.25, -0.2) is 9.59 Å². The predicted octanol–water partition coefficient (Wildman–Crippen LogP) is -0.472. The quantitative estimate of drug-likeness (QED) is 0.666. The third kappa shape index (κ3) is 2.98. The third-order valence-electron chi connectivity index (χ3n) is 4.03. The molecular weight excluding hydrogens is 280 g/mol. The molecule has 2 saturated heterocycles. The minimum Gasteiger partial charge on any atom is -0.480 e. The maximum Gasteiger partial charge on any atom is 0.326 e. The number of hydrogen-bond acceptors (Lipinski definition) is 4. The van der Waals surface area contributed by atoms with Gasteiger partial charge in [0.2, 0.25) is 0 Å². The highest BCUT2D eigenvalue weighted by atomic mass is 16.4. The van der Waals surface area contributed by atoms with Crippen molar-refractivity contribution >= 4 is 23.8 Å². The number of piperidine rings is 1. The molecule has 2 fully saturated rings.